The Hall–Kier alpha value is -2.06. The number of urea groups is 1. The zero-order valence-electron chi connectivity index (χ0n) is 17.0. The molecule has 3 heterocycles. The van der Waals surface area contributed by atoms with Crippen molar-refractivity contribution in [2.75, 3.05) is 39.4 Å². The zero-order chi connectivity index (χ0) is 21.3. The summed E-state index contributed by atoms with van der Waals surface area (Å²) in [6, 6.07) is 3.99. The second-order valence-electron chi connectivity index (χ2n) is 8.70. The number of ether oxygens (including phenoxy) is 2. The van der Waals surface area contributed by atoms with Crippen LogP contribution in [-0.4, -0.2) is 73.3 Å². The van der Waals surface area contributed by atoms with Crippen LogP contribution in [0.25, 0.3) is 0 Å². The van der Waals surface area contributed by atoms with E-state index >= 15 is 0 Å². The molecule has 3 aliphatic rings. The number of nitrogens with one attached hydrogen (secondary N) is 1. The lowest BCUT2D eigenvalue weighted by molar-refractivity contribution is -0.139. The minimum atomic E-state index is -0.395. The Morgan fingerprint density at radius 2 is 2.10 bits per heavy atom. The largest absolute Gasteiger partial charge is 0.491 e. The molecule has 0 aliphatic carbocycles. The van der Waals surface area contributed by atoms with E-state index in [-0.39, 0.29) is 41.1 Å². The van der Waals surface area contributed by atoms with Crippen LogP contribution >= 0.6 is 11.6 Å². The smallest absolute Gasteiger partial charge is 0.320 e. The van der Waals surface area contributed by atoms with Crippen molar-refractivity contribution in [3.63, 3.8) is 0 Å². The van der Waals surface area contributed by atoms with Crippen molar-refractivity contribution in [1.29, 1.82) is 0 Å². The van der Waals surface area contributed by atoms with E-state index in [1.807, 2.05) is 9.80 Å². The summed E-state index contributed by atoms with van der Waals surface area (Å²) in [4.78, 5) is 28.3. The van der Waals surface area contributed by atoms with Crippen LogP contribution < -0.4 is 10.1 Å². The fraction of sp³-hybridized carbons (Fsp3) is 0.619. The van der Waals surface area contributed by atoms with E-state index in [1.165, 1.54) is 18.2 Å². The molecular weight excluding hydrogens is 413 g/mol. The molecule has 2 atom stereocenters. The number of nitrogens with zero attached hydrogens (tertiary/aromatic N) is 2. The number of carbonyl (C=O) groups is 2. The Bertz CT molecular complexity index is 815. The monoisotopic (exact) mass is 439 g/mol. The molecule has 0 bridgehead atoms. The summed E-state index contributed by atoms with van der Waals surface area (Å²) in [5.41, 5.74) is -0.0906. The second-order valence-corrected chi connectivity index (χ2v) is 9.11. The van der Waals surface area contributed by atoms with Gasteiger partial charge in [-0.15, -0.1) is 0 Å². The highest BCUT2D eigenvalue weighted by Crippen LogP contribution is 2.34. The number of amides is 3. The van der Waals surface area contributed by atoms with E-state index in [0.29, 0.717) is 38.5 Å². The summed E-state index contributed by atoms with van der Waals surface area (Å²) in [5.74, 6) is -0.0493. The molecule has 9 heteroatoms. The molecule has 3 amide bonds. The van der Waals surface area contributed by atoms with E-state index in [2.05, 4.69) is 12.2 Å². The predicted octanol–water partition coefficient (Wildman–Crippen LogP) is 2.67. The molecule has 1 aromatic carbocycles. The molecule has 1 aromatic rings. The number of likely N-dealkylation sites (tertiary alicyclic amines) is 2. The molecule has 0 radical (unpaired) electrons. The van der Waals surface area contributed by atoms with Crippen molar-refractivity contribution in [2.45, 2.75) is 38.3 Å². The maximum Gasteiger partial charge on any atom is 0.320 e. The van der Waals surface area contributed by atoms with Crippen LogP contribution in [0.1, 0.15) is 26.2 Å². The first-order valence-corrected chi connectivity index (χ1v) is 10.7. The lowest BCUT2D eigenvalue weighted by Gasteiger charge is -2.44. The van der Waals surface area contributed by atoms with Gasteiger partial charge in [0.2, 0.25) is 5.91 Å². The van der Waals surface area contributed by atoms with Crippen LogP contribution in [0.2, 0.25) is 5.02 Å². The van der Waals surface area contributed by atoms with Gasteiger partial charge in [0.25, 0.3) is 0 Å². The van der Waals surface area contributed by atoms with Gasteiger partial charge in [0, 0.05) is 31.6 Å². The van der Waals surface area contributed by atoms with Crippen LogP contribution in [-0.2, 0) is 9.53 Å². The van der Waals surface area contributed by atoms with E-state index in [1.54, 1.807) is 0 Å². The molecule has 164 valence electrons. The molecule has 3 fully saturated rings. The summed E-state index contributed by atoms with van der Waals surface area (Å²) in [6.07, 6.45) is 2.33. The fourth-order valence-corrected chi connectivity index (χ4v) is 4.52. The van der Waals surface area contributed by atoms with Gasteiger partial charge in [-0.1, -0.05) is 18.5 Å². The van der Waals surface area contributed by atoms with Gasteiger partial charge in [-0.2, -0.15) is 0 Å². The summed E-state index contributed by atoms with van der Waals surface area (Å²) in [6.45, 7) is 5.09. The van der Waals surface area contributed by atoms with Crippen molar-refractivity contribution >= 4 is 23.5 Å². The van der Waals surface area contributed by atoms with Crippen molar-refractivity contribution in [3.05, 3.63) is 29.0 Å². The maximum atomic E-state index is 13.2. The summed E-state index contributed by atoms with van der Waals surface area (Å²) < 4.78 is 24.6. The minimum absolute atomic E-state index is 0.00756. The van der Waals surface area contributed by atoms with Crippen LogP contribution in [0.3, 0.4) is 0 Å². The van der Waals surface area contributed by atoms with Crippen LogP contribution in [0.5, 0.6) is 5.75 Å². The molecule has 0 unspecified atom stereocenters. The fourth-order valence-electron chi connectivity index (χ4n) is 4.30. The molecular formula is C21H27ClFN3O4. The highest BCUT2D eigenvalue weighted by Gasteiger charge is 2.39. The second kappa shape index (κ2) is 8.59. The number of hydrogen-bond acceptors (Lipinski definition) is 4. The Kier molecular flexibility index (Phi) is 6.06. The highest BCUT2D eigenvalue weighted by atomic mass is 35.5. The van der Waals surface area contributed by atoms with Gasteiger partial charge in [0.1, 0.15) is 18.2 Å². The first kappa shape index (κ1) is 21.2. The number of rotatable bonds is 3. The number of morpholine rings is 1. The normalized spacial score (nSPS) is 26.0. The molecule has 0 aromatic heterocycles. The van der Waals surface area contributed by atoms with Crippen molar-refractivity contribution in [2.24, 2.45) is 5.41 Å². The third-order valence-corrected chi connectivity index (χ3v) is 6.60. The van der Waals surface area contributed by atoms with Gasteiger partial charge in [-0.05, 0) is 37.5 Å². The summed E-state index contributed by atoms with van der Waals surface area (Å²) in [5, 5.41) is 3.19. The number of benzene rings is 1. The van der Waals surface area contributed by atoms with E-state index < -0.39 is 5.82 Å². The lowest BCUT2D eigenvalue weighted by Crippen LogP contribution is -2.62. The number of fused-ring (bicyclic) bond motifs is 1. The Morgan fingerprint density at radius 3 is 2.83 bits per heavy atom. The average molecular weight is 440 g/mol. The lowest BCUT2D eigenvalue weighted by atomic mass is 9.81. The highest BCUT2D eigenvalue weighted by molar-refractivity contribution is 6.32. The number of halogens is 2. The Morgan fingerprint density at radius 1 is 1.33 bits per heavy atom. The molecule has 4 rings (SSSR count). The van der Waals surface area contributed by atoms with E-state index in [9.17, 15) is 14.0 Å². The van der Waals surface area contributed by atoms with Gasteiger partial charge < -0.3 is 24.6 Å². The Labute approximate surface area is 180 Å². The first-order valence-electron chi connectivity index (χ1n) is 10.4. The molecule has 1 N–H and O–H groups in total. The SMILES string of the molecule is CC1(COc2ccc(F)cc2Cl)CCN(C(=O)N2CC[C@@H]3OCC(=O)N[C@@H]3C2)CC1. The topological polar surface area (TPSA) is 71.1 Å². The standard InChI is InChI=1S/C21H27ClFN3O4/c1-21(13-30-17-3-2-14(23)10-15(17)22)5-8-25(9-6-21)20(28)26-7-4-18-16(11-26)24-19(27)12-29-18/h2-3,10,16,18H,4-9,11-13H2,1H3,(H,24,27)/t16-,18+/m1/s1. The molecule has 30 heavy (non-hydrogen) atoms. The van der Waals surface area contributed by atoms with Crippen molar-refractivity contribution in [3.8, 4) is 5.75 Å². The quantitative estimate of drug-likeness (QED) is 0.786. The zero-order valence-corrected chi connectivity index (χ0v) is 17.8. The number of hydrogen-bond donors (Lipinski definition) is 1. The third kappa shape index (κ3) is 4.64. The summed E-state index contributed by atoms with van der Waals surface area (Å²) >= 11 is 6.04. The molecule has 3 aliphatic heterocycles. The van der Waals surface area contributed by atoms with Crippen LogP contribution in [0, 0.1) is 11.2 Å². The minimum Gasteiger partial charge on any atom is -0.491 e. The van der Waals surface area contributed by atoms with E-state index in [0.717, 1.165) is 19.3 Å². The van der Waals surface area contributed by atoms with Gasteiger partial charge >= 0.3 is 6.03 Å². The predicted molar refractivity (Wildman–Crippen MR) is 109 cm³/mol. The summed E-state index contributed by atoms with van der Waals surface area (Å²) in [7, 11) is 0. The van der Waals surface area contributed by atoms with Gasteiger partial charge in [-0.25, -0.2) is 9.18 Å². The molecule has 7 nitrogen and oxygen atoms in total. The van der Waals surface area contributed by atoms with Gasteiger partial charge in [0.15, 0.2) is 0 Å². The number of piperidine rings is 2. The van der Waals surface area contributed by atoms with Crippen LogP contribution in [0.4, 0.5) is 9.18 Å². The molecule has 3 saturated heterocycles. The molecule has 0 saturated carbocycles. The number of carbonyl (C=O) groups excluding carboxylic acids is 2. The maximum absolute atomic E-state index is 13.2. The van der Waals surface area contributed by atoms with Crippen LogP contribution in [0.15, 0.2) is 18.2 Å². The average Bonchev–Trinajstić information content (AvgIpc) is 2.72. The van der Waals surface area contributed by atoms with Crippen molar-refractivity contribution < 1.29 is 23.5 Å². The van der Waals surface area contributed by atoms with Gasteiger partial charge in [-0.3, -0.25) is 4.79 Å². The van der Waals surface area contributed by atoms with Crippen molar-refractivity contribution in [1.82, 2.24) is 15.1 Å². The molecule has 0 spiro atoms. The van der Waals surface area contributed by atoms with Gasteiger partial charge in [0.05, 0.1) is 23.8 Å². The van der Waals surface area contributed by atoms with E-state index in [4.69, 9.17) is 21.1 Å². The first-order chi connectivity index (χ1) is 14.3. The Balaban J connectivity index is 1.28. The third-order valence-electron chi connectivity index (χ3n) is 6.31.